The summed E-state index contributed by atoms with van der Waals surface area (Å²) in [7, 11) is 0. The van der Waals surface area contributed by atoms with E-state index in [0.717, 1.165) is 17.8 Å². The fourth-order valence-corrected chi connectivity index (χ4v) is 2.87. The third kappa shape index (κ3) is 1.97. The summed E-state index contributed by atoms with van der Waals surface area (Å²) in [5, 5.41) is 6.48. The van der Waals surface area contributed by atoms with Crippen LogP contribution >= 0.6 is 0 Å². The van der Waals surface area contributed by atoms with Gasteiger partial charge in [-0.3, -0.25) is 10.1 Å². The second-order valence-electron chi connectivity index (χ2n) is 6.19. The zero-order chi connectivity index (χ0) is 11.3. The summed E-state index contributed by atoms with van der Waals surface area (Å²) in [6.07, 6.45) is 5.01. The van der Waals surface area contributed by atoms with E-state index in [4.69, 9.17) is 0 Å². The first kappa shape index (κ1) is 10.6. The number of carbonyl (C=O) groups is 1. The van der Waals surface area contributed by atoms with Crippen LogP contribution in [0, 0.1) is 17.8 Å². The van der Waals surface area contributed by atoms with Crippen molar-refractivity contribution in [2.75, 3.05) is 0 Å². The molecule has 0 bridgehead atoms. The van der Waals surface area contributed by atoms with Crippen LogP contribution in [0.5, 0.6) is 0 Å². The van der Waals surface area contributed by atoms with Crippen LogP contribution in [0.3, 0.4) is 0 Å². The number of carbonyl (C=O) groups excluding carboxylic acids is 1. The normalized spacial score (nSPS) is 41.7. The summed E-state index contributed by atoms with van der Waals surface area (Å²) in [4.78, 5) is 11.9. The number of hydrogen-bond donors (Lipinski definition) is 2. The van der Waals surface area contributed by atoms with E-state index in [2.05, 4.69) is 24.5 Å². The first-order chi connectivity index (χ1) is 7.65. The summed E-state index contributed by atoms with van der Waals surface area (Å²) in [5.74, 6) is 2.66. The van der Waals surface area contributed by atoms with Crippen LogP contribution in [0.15, 0.2) is 0 Å². The molecule has 1 aliphatic heterocycles. The first-order valence-corrected chi connectivity index (χ1v) is 6.71. The summed E-state index contributed by atoms with van der Waals surface area (Å²) in [6.45, 7) is 4.54. The topological polar surface area (TPSA) is 51.0 Å². The highest BCUT2D eigenvalue weighted by molar-refractivity contribution is 5.86. The molecule has 3 fully saturated rings. The van der Waals surface area contributed by atoms with Crippen molar-refractivity contribution in [2.45, 2.75) is 57.7 Å². The van der Waals surface area contributed by atoms with Gasteiger partial charge in [-0.25, -0.2) is 0 Å². The van der Waals surface area contributed by atoms with E-state index in [1.165, 1.54) is 25.7 Å². The molecule has 2 aliphatic carbocycles. The molecule has 0 aromatic heterocycles. The Hall–Kier alpha value is -0.570. The molecule has 1 heterocycles. The molecule has 1 saturated heterocycles. The monoisotopic (exact) mass is 222 g/mol. The lowest BCUT2D eigenvalue weighted by molar-refractivity contribution is -0.122. The van der Waals surface area contributed by atoms with E-state index >= 15 is 0 Å². The number of nitrogens with one attached hydrogen (secondary N) is 2. The van der Waals surface area contributed by atoms with Crippen molar-refractivity contribution in [3.05, 3.63) is 0 Å². The highest BCUT2D eigenvalue weighted by atomic mass is 16.2. The molecule has 3 aliphatic rings. The summed E-state index contributed by atoms with van der Waals surface area (Å²) in [5.41, 5.74) is 0. The van der Waals surface area contributed by atoms with Crippen molar-refractivity contribution in [1.82, 2.24) is 10.6 Å². The number of hydrogen-bond acceptors (Lipinski definition) is 2. The maximum Gasteiger partial charge on any atom is 0.238 e. The molecule has 16 heavy (non-hydrogen) atoms. The standard InChI is InChI=1S/C13H22N2O/c1-7(2)9-5-10(6-9)14-13(16)12-11(15-12)8-3-4-8/h7-12,15H,3-6H2,1-2H3,(H,14,16). The second-order valence-corrected chi connectivity index (χ2v) is 6.19. The third-order valence-corrected chi connectivity index (χ3v) is 4.50. The minimum atomic E-state index is 0.144. The van der Waals surface area contributed by atoms with Gasteiger partial charge < -0.3 is 5.32 Å². The summed E-state index contributed by atoms with van der Waals surface area (Å²) >= 11 is 0. The Morgan fingerprint density at radius 3 is 2.56 bits per heavy atom. The van der Waals surface area contributed by atoms with Gasteiger partial charge in [-0.1, -0.05) is 13.8 Å². The summed E-state index contributed by atoms with van der Waals surface area (Å²) in [6, 6.07) is 1.12. The lowest BCUT2D eigenvalue weighted by atomic mass is 9.73. The van der Waals surface area contributed by atoms with Crippen LogP contribution in [0.1, 0.15) is 39.5 Å². The van der Waals surface area contributed by atoms with Crippen LogP contribution in [0.2, 0.25) is 0 Å². The largest absolute Gasteiger partial charge is 0.352 e. The Kier molecular flexibility index (Phi) is 2.46. The highest BCUT2D eigenvalue weighted by Crippen LogP contribution is 2.40. The molecule has 0 radical (unpaired) electrons. The van der Waals surface area contributed by atoms with Crippen molar-refractivity contribution < 1.29 is 4.79 Å². The predicted molar refractivity (Wildman–Crippen MR) is 62.9 cm³/mol. The minimum absolute atomic E-state index is 0.144. The van der Waals surface area contributed by atoms with Crippen LogP contribution in [0.25, 0.3) is 0 Å². The molecule has 0 spiro atoms. The molecule has 1 amide bonds. The molecular formula is C13H22N2O. The maximum atomic E-state index is 11.9. The Balaban J connectivity index is 1.38. The van der Waals surface area contributed by atoms with Crippen molar-refractivity contribution in [3.63, 3.8) is 0 Å². The minimum Gasteiger partial charge on any atom is -0.352 e. The Labute approximate surface area is 97.4 Å². The van der Waals surface area contributed by atoms with Gasteiger partial charge in [0.15, 0.2) is 0 Å². The van der Waals surface area contributed by atoms with E-state index in [-0.39, 0.29) is 11.9 Å². The van der Waals surface area contributed by atoms with Gasteiger partial charge >= 0.3 is 0 Å². The molecule has 3 rings (SSSR count). The Morgan fingerprint density at radius 1 is 1.31 bits per heavy atom. The molecule has 2 N–H and O–H groups in total. The van der Waals surface area contributed by atoms with Crippen LogP contribution < -0.4 is 10.6 Å². The number of rotatable bonds is 4. The van der Waals surface area contributed by atoms with Gasteiger partial charge in [-0.05, 0) is 43.4 Å². The Morgan fingerprint density at radius 2 is 2.00 bits per heavy atom. The van der Waals surface area contributed by atoms with Gasteiger partial charge in [-0.15, -0.1) is 0 Å². The van der Waals surface area contributed by atoms with Crippen LogP contribution in [-0.2, 0) is 4.79 Å². The fourth-order valence-electron chi connectivity index (χ4n) is 2.87. The second kappa shape index (κ2) is 3.73. The van der Waals surface area contributed by atoms with Crippen molar-refractivity contribution >= 4 is 5.91 Å². The van der Waals surface area contributed by atoms with Gasteiger partial charge in [0, 0.05) is 12.1 Å². The highest BCUT2D eigenvalue weighted by Gasteiger charge is 2.51. The van der Waals surface area contributed by atoms with Crippen LogP contribution in [0.4, 0.5) is 0 Å². The molecule has 0 aromatic carbocycles. The summed E-state index contributed by atoms with van der Waals surface area (Å²) < 4.78 is 0. The van der Waals surface area contributed by atoms with Crippen molar-refractivity contribution in [3.8, 4) is 0 Å². The third-order valence-electron chi connectivity index (χ3n) is 4.50. The predicted octanol–water partition coefficient (Wildman–Crippen LogP) is 1.29. The van der Waals surface area contributed by atoms with Crippen molar-refractivity contribution in [2.24, 2.45) is 17.8 Å². The lowest BCUT2D eigenvalue weighted by Crippen LogP contribution is -2.47. The maximum absolute atomic E-state index is 11.9. The molecular weight excluding hydrogens is 200 g/mol. The number of amides is 1. The van der Waals surface area contributed by atoms with E-state index in [9.17, 15) is 4.79 Å². The molecule has 2 saturated carbocycles. The lowest BCUT2D eigenvalue weighted by Gasteiger charge is -2.38. The van der Waals surface area contributed by atoms with Gasteiger partial charge in [0.2, 0.25) is 5.91 Å². The van der Waals surface area contributed by atoms with Crippen molar-refractivity contribution in [1.29, 1.82) is 0 Å². The molecule has 0 aromatic rings. The molecule has 2 unspecified atom stereocenters. The average molecular weight is 222 g/mol. The van der Waals surface area contributed by atoms with E-state index in [1.54, 1.807) is 0 Å². The average Bonchev–Trinajstić information content (AvgIpc) is 2.99. The molecule has 2 atom stereocenters. The fraction of sp³-hybridized carbons (Fsp3) is 0.923. The van der Waals surface area contributed by atoms with Gasteiger partial charge in [0.05, 0.1) is 0 Å². The quantitative estimate of drug-likeness (QED) is 0.704. The molecule has 3 nitrogen and oxygen atoms in total. The first-order valence-electron chi connectivity index (χ1n) is 6.71. The van der Waals surface area contributed by atoms with Crippen LogP contribution in [-0.4, -0.2) is 24.0 Å². The SMILES string of the molecule is CC(C)C1CC(NC(=O)C2NC2C2CC2)C1. The Bertz CT molecular complexity index is 292. The van der Waals surface area contributed by atoms with E-state index in [1.807, 2.05) is 0 Å². The zero-order valence-electron chi connectivity index (χ0n) is 10.2. The van der Waals surface area contributed by atoms with Gasteiger partial charge in [0.1, 0.15) is 6.04 Å². The van der Waals surface area contributed by atoms with Gasteiger partial charge in [-0.2, -0.15) is 0 Å². The smallest absolute Gasteiger partial charge is 0.238 e. The van der Waals surface area contributed by atoms with Gasteiger partial charge in [0.25, 0.3) is 0 Å². The van der Waals surface area contributed by atoms with E-state index in [0.29, 0.717) is 12.1 Å². The zero-order valence-corrected chi connectivity index (χ0v) is 10.2. The molecule has 3 heteroatoms. The van der Waals surface area contributed by atoms with E-state index < -0.39 is 0 Å². The molecule has 90 valence electrons.